The number of amides is 1. The fourth-order valence-electron chi connectivity index (χ4n) is 1.78. The molecule has 1 amide bonds. The van der Waals surface area contributed by atoms with E-state index in [0.29, 0.717) is 10.7 Å². The highest BCUT2D eigenvalue weighted by Gasteiger charge is 2.21. The van der Waals surface area contributed by atoms with Gasteiger partial charge >= 0.3 is 5.97 Å². The summed E-state index contributed by atoms with van der Waals surface area (Å²) in [6, 6.07) is 11.8. The van der Waals surface area contributed by atoms with Crippen LogP contribution in [-0.4, -0.2) is 23.4 Å². The molecule has 7 nitrogen and oxygen atoms in total. The van der Waals surface area contributed by atoms with Crippen molar-refractivity contribution in [1.29, 1.82) is 0 Å². The van der Waals surface area contributed by atoms with E-state index in [1.807, 2.05) is 0 Å². The molecule has 0 aliphatic carbocycles. The molecule has 0 fully saturated rings. The third-order valence-corrected chi connectivity index (χ3v) is 3.00. The summed E-state index contributed by atoms with van der Waals surface area (Å²) in [7, 11) is 0. The minimum absolute atomic E-state index is 0.215. The van der Waals surface area contributed by atoms with Crippen molar-refractivity contribution in [2.75, 3.05) is 11.9 Å². The van der Waals surface area contributed by atoms with Gasteiger partial charge in [-0.2, -0.15) is 0 Å². The monoisotopic (exact) mass is 334 g/mol. The van der Waals surface area contributed by atoms with Crippen molar-refractivity contribution >= 4 is 34.9 Å². The molecule has 0 atom stereocenters. The molecule has 0 spiro atoms. The molecule has 0 bridgehead atoms. The molecule has 23 heavy (non-hydrogen) atoms. The summed E-state index contributed by atoms with van der Waals surface area (Å²) >= 11 is 5.78. The SMILES string of the molecule is O=C(COC(=O)c1ccccc1[N+](=O)[O-])Nc1cccc(Cl)c1. The van der Waals surface area contributed by atoms with Crippen LogP contribution < -0.4 is 5.32 Å². The molecule has 1 N–H and O–H groups in total. The maximum Gasteiger partial charge on any atom is 0.345 e. The van der Waals surface area contributed by atoms with Crippen molar-refractivity contribution in [3.63, 3.8) is 0 Å². The molecule has 0 saturated heterocycles. The van der Waals surface area contributed by atoms with Gasteiger partial charge in [-0.15, -0.1) is 0 Å². The quantitative estimate of drug-likeness (QED) is 0.514. The Bertz CT molecular complexity index is 763. The maximum absolute atomic E-state index is 11.9. The highest BCUT2D eigenvalue weighted by atomic mass is 35.5. The Morgan fingerprint density at radius 1 is 1.17 bits per heavy atom. The van der Waals surface area contributed by atoms with Crippen LogP contribution in [0.1, 0.15) is 10.4 Å². The topological polar surface area (TPSA) is 98.5 Å². The second-order valence-corrected chi connectivity index (χ2v) is 4.85. The number of nitro groups is 1. The number of hydrogen-bond donors (Lipinski definition) is 1. The Hall–Kier alpha value is -2.93. The Kier molecular flexibility index (Phi) is 5.27. The van der Waals surface area contributed by atoms with E-state index in [1.54, 1.807) is 18.2 Å². The van der Waals surface area contributed by atoms with Gasteiger partial charge in [0.15, 0.2) is 6.61 Å². The molecular weight excluding hydrogens is 324 g/mol. The fourth-order valence-corrected chi connectivity index (χ4v) is 1.97. The molecule has 0 radical (unpaired) electrons. The first kappa shape index (κ1) is 16.4. The Morgan fingerprint density at radius 2 is 1.91 bits per heavy atom. The zero-order chi connectivity index (χ0) is 16.8. The largest absolute Gasteiger partial charge is 0.452 e. The second kappa shape index (κ2) is 7.37. The third kappa shape index (κ3) is 4.52. The first-order valence-corrected chi connectivity index (χ1v) is 6.81. The highest BCUT2D eigenvalue weighted by molar-refractivity contribution is 6.30. The zero-order valence-electron chi connectivity index (χ0n) is 11.7. The van der Waals surface area contributed by atoms with Crippen molar-refractivity contribution < 1.29 is 19.2 Å². The Labute approximate surface area is 136 Å². The number of nitrogens with zero attached hydrogens (tertiary/aromatic N) is 1. The molecular formula is C15H11ClN2O5. The van der Waals surface area contributed by atoms with Crippen molar-refractivity contribution in [3.8, 4) is 0 Å². The zero-order valence-corrected chi connectivity index (χ0v) is 12.4. The number of halogens is 1. The number of para-hydroxylation sites is 1. The number of carbonyl (C=O) groups is 2. The van der Waals surface area contributed by atoms with Crippen LogP contribution >= 0.6 is 11.6 Å². The summed E-state index contributed by atoms with van der Waals surface area (Å²) < 4.78 is 4.79. The van der Waals surface area contributed by atoms with E-state index in [9.17, 15) is 19.7 Å². The van der Waals surface area contributed by atoms with Gasteiger partial charge in [-0.3, -0.25) is 14.9 Å². The molecule has 2 aromatic carbocycles. The van der Waals surface area contributed by atoms with Crippen molar-refractivity contribution in [1.82, 2.24) is 0 Å². The molecule has 0 unspecified atom stereocenters. The van der Waals surface area contributed by atoms with Crippen LogP contribution in [0.15, 0.2) is 48.5 Å². The van der Waals surface area contributed by atoms with Crippen LogP contribution in [0.5, 0.6) is 0 Å². The molecule has 0 aliphatic rings. The maximum atomic E-state index is 11.9. The molecule has 8 heteroatoms. The minimum atomic E-state index is -0.946. The van der Waals surface area contributed by atoms with Gasteiger partial charge in [-0.1, -0.05) is 29.8 Å². The summed E-state index contributed by atoms with van der Waals surface area (Å²) in [5.41, 5.74) is -0.148. The predicted octanol–water partition coefficient (Wildman–Crippen LogP) is 3.04. The summed E-state index contributed by atoms with van der Waals surface area (Å²) in [4.78, 5) is 33.7. The number of nitro benzene ring substituents is 1. The van der Waals surface area contributed by atoms with E-state index in [2.05, 4.69) is 5.32 Å². The van der Waals surface area contributed by atoms with E-state index in [0.717, 1.165) is 0 Å². The third-order valence-electron chi connectivity index (χ3n) is 2.76. The van der Waals surface area contributed by atoms with E-state index >= 15 is 0 Å². The predicted molar refractivity (Wildman–Crippen MR) is 83.5 cm³/mol. The smallest absolute Gasteiger partial charge is 0.345 e. The molecule has 118 valence electrons. The van der Waals surface area contributed by atoms with Gasteiger partial charge in [0.05, 0.1) is 4.92 Å². The lowest BCUT2D eigenvalue weighted by Crippen LogP contribution is -2.21. The number of ether oxygens (including phenoxy) is 1. The number of rotatable bonds is 5. The number of hydrogen-bond acceptors (Lipinski definition) is 5. The number of carbonyl (C=O) groups excluding carboxylic acids is 2. The number of nitrogens with one attached hydrogen (secondary N) is 1. The Morgan fingerprint density at radius 3 is 2.61 bits per heavy atom. The Balaban J connectivity index is 1.97. The highest BCUT2D eigenvalue weighted by Crippen LogP contribution is 2.18. The standard InChI is InChI=1S/C15H11ClN2O5/c16-10-4-3-5-11(8-10)17-14(19)9-23-15(20)12-6-1-2-7-13(12)18(21)22/h1-8H,9H2,(H,17,19). The van der Waals surface area contributed by atoms with Gasteiger partial charge in [-0.05, 0) is 24.3 Å². The summed E-state index contributed by atoms with van der Waals surface area (Å²) in [6.45, 7) is -0.572. The fraction of sp³-hybridized carbons (Fsp3) is 0.0667. The van der Waals surface area contributed by atoms with Gasteiger partial charge in [0.25, 0.3) is 11.6 Å². The van der Waals surface area contributed by atoms with Crippen molar-refractivity contribution in [3.05, 3.63) is 69.2 Å². The minimum Gasteiger partial charge on any atom is -0.452 e. The van der Waals surface area contributed by atoms with Crippen molar-refractivity contribution in [2.24, 2.45) is 0 Å². The van der Waals surface area contributed by atoms with E-state index in [1.165, 1.54) is 30.3 Å². The molecule has 0 aliphatic heterocycles. The summed E-state index contributed by atoms with van der Waals surface area (Å²) in [5.74, 6) is -1.53. The van der Waals surface area contributed by atoms with E-state index in [4.69, 9.17) is 16.3 Å². The van der Waals surface area contributed by atoms with Gasteiger partial charge in [0.2, 0.25) is 0 Å². The number of benzene rings is 2. The molecule has 0 heterocycles. The summed E-state index contributed by atoms with van der Waals surface area (Å²) in [6.07, 6.45) is 0. The lowest BCUT2D eigenvalue weighted by Gasteiger charge is -2.07. The van der Waals surface area contributed by atoms with Gasteiger partial charge in [-0.25, -0.2) is 4.79 Å². The first-order valence-electron chi connectivity index (χ1n) is 6.43. The average Bonchev–Trinajstić information content (AvgIpc) is 2.52. The second-order valence-electron chi connectivity index (χ2n) is 4.41. The summed E-state index contributed by atoms with van der Waals surface area (Å²) in [5, 5.41) is 13.8. The van der Waals surface area contributed by atoms with Crippen LogP contribution in [0.2, 0.25) is 5.02 Å². The lowest BCUT2D eigenvalue weighted by molar-refractivity contribution is -0.385. The number of esters is 1. The van der Waals surface area contributed by atoms with Gasteiger partial charge in [0.1, 0.15) is 5.56 Å². The molecule has 0 saturated carbocycles. The van der Waals surface area contributed by atoms with Crippen LogP contribution in [0.25, 0.3) is 0 Å². The molecule has 2 aromatic rings. The van der Waals surface area contributed by atoms with Crippen molar-refractivity contribution in [2.45, 2.75) is 0 Å². The van der Waals surface area contributed by atoms with Crippen LogP contribution in [0.3, 0.4) is 0 Å². The van der Waals surface area contributed by atoms with Gasteiger partial charge in [0, 0.05) is 16.8 Å². The van der Waals surface area contributed by atoms with Gasteiger partial charge < -0.3 is 10.1 Å². The lowest BCUT2D eigenvalue weighted by atomic mass is 10.2. The molecule has 0 aromatic heterocycles. The van der Waals surface area contributed by atoms with Crippen LogP contribution in [0, 0.1) is 10.1 Å². The first-order chi connectivity index (χ1) is 11.0. The molecule has 2 rings (SSSR count). The van der Waals surface area contributed by atoms with E-state index in [-0.39, 0.29) is 11.3 Å². The van der Waals surface area contributed by atoms with Crippen LogP contribution in [-0.2, 0) is 9.53 Å². The average molecular weight is 335 g/mol. The number of anilines is 1. The van der Waals surface area contributed by atoms with Crippen LogP contribution in [0.4, 0.5) is 11.4 Å². The normalized spacial score (nSPS) is 9.96. The van der Waals surface area contributed by atoms with E-state index < -0.39 is 23.4 Å².